The summed E-state index contributed by atoms with van der Waals surface area (Å²) in [5.41, 5.74) is 0. The van der Waals surface area contributed by atoms with Gasteiger partial charge in [0, 0.05) is 0 Å². The van der Waals surface area contributed by atoms with Crippen molar-refractivity contribution in [1.29, 1.82) is 0 Å². The van der Waals surface area contributed by atoms with Crippen LogP contribution in [0.25, 0.3) is 0 Å². The second-order valence-electron chi connectivity index (χ2n) is 9.12. The molecule has 0 atom stereocenters. The van der Waals surface area contributed by atoms with Gasteiger partial charge in [0.1, 0.15) is 0 Å². The quantitative estimate of drug-likeness (QED) is 0.357. The van der Waals surface area contributed by atoms with E-state index in [1.165, 1.54) is 27.4 Å². The van der Waals surface area contributed by atoms with Gasteiger partial charge in [-0.1, -0.05) is 0 Å². The fraction of sp³-hybridized carbons (Fsp3) is 1.00. The van der Waals surface area contributed by atoms with Crippen molar-refractivity contribution >= 4 is 43.5 Å². The molecule has 0 heterocycles. The molecule has 1 nitrogen and oxygen atoms in total. The van der Waals surface area contributed by atoms with Crippen molar-refractivity contribution in [3.8, 4) is 0 Å². The largest absolute Gasteiger partial charge is 0.323 e. The van der Waals surface area contributed by atoms with E-state index in [4.69, 9.17) is 0 Å². The van der Waals surface area contributed by atoms with Gasteiger partial charge < -0.3 is 5.32 Å². The minimum absolute atomic E-state index is 0.673. The van der Waals surface area contributed by atoms with Crippen LogP contribution in [-0.4, -0.2) is 57.6 Å². The fourth-order valence-corrected chi connectivity index (χ4v) is 76.3. The van der Waals surface area contributed by atoms with Crippen LogP contribution in [-0.2, 0) is 0 Å². The SMILES string of the molecule is CCB(CC)C(CC)(CC)[CH]([Sn]([CH3])([CH3])[CH3])[Sn]([CH3])([CH3])[CH3].CNC. The van der Waals surface area contributed by atoms with Gasteiger partial charge in [-0.15, -0.1) is 0 Å². The maximum atomic E-state index is 2.75. The van der Waals surface area contributed by atoms with Crippen LogP contribution in [0.2, 0.25) is 49.5 Å². The van der Waals surface area contributed by atoms with Crippen molar-refractivity contribution in [1.82, 2.24) is 5.32 Å². The van der Waals surface area contributed by atoms with Crippen molar-refractivity contribution in [2.45, 2.75) is 90.1 Å². The Morgan fingerprint density at radius 3 is 1.18 bits per heavy atom. The van der Waals surface area contributed by atoms with Crippen molar-refractivity contribution < 1.29 is 0 Å². The third-order valence-corrected chi connectivity index (χ3v) is 51.8. The van der Waals surface area contributed by atoms with E-state index < -0.39 is 36.8 Å². The van der Waals surface area contributed by atoms with Crippen LogP contribution >= 0.6 is 0 Å². The van der Waals surface area contributed by atoms with Gasteiger partial charge in [0.25, 0.3) is 0 Å². The molecule has 134 valence electrons. The van der Waals surface area contributed by atoms with Gasteiger partial charge >= 0.3 is 134 Å². The first-order valence-corrected chi connectivity index (χ1v) is 29.9. The molecule has 0 rings (SSSR count). The minimum atomic E-state index is -1.90. The number of nitrogens with one attached hydrogen (secondary N) is 1. The Morgan fingerprint density at radius 2 is 1.05 bits per heavy atom. The van der Waals surface area contributed by atoms with E-state index in [0.717, 1.165) is 6.71 Å². The van der Waals surface area contributed by atoms with Gasteiger partial charge in [0.2, 0.25) is 0 Å². The Hall–Kier alpha value is 1.62. The first-order valence-electron chi connectivity index (χ1n) is 9.51. The summed E-state index contributed by atoms with van der Waals surface area (Å²) in [5.74, 6) is 0. The minimum Gasteiger partial charge on any atom is -0.323 e. The molecule has 0 aliphatic heterocycles. The van der Waals surface area contributed by atoms with E-state index in [1.807, 2.05) is 14.1 Å². The summed E-state index contributed by atoms with van der Waals surface area (Å²) < 4.78 is 1.18. The number of hydrogen-bond acceptors (Lipinski definition) is 1. The smallest absolute Gasteiger partial charge is 0.0167 e. The summed E-state index contributed by atoms with van der Waals surface area (Å²) in [5, 5.41) is 3.42. The summed E-state index contributed by atoms with van der Waals surface area (Å²) in [6.45, 7) is 10.8. The maximum Gasteiger partial charge on any atom is -0.0167 e. The normalized spacial score (nSPS) is 13.0. The average molecular weight is 525 g/mol. The Morgan fingerprint density at radius 1 is 0.773 bits per heavy atom. The van der Waals surface area contributed by atoms with Gasteiger partial charge in [0.05, 0.1) is 0 Å². The van der Waals surface area contributed by atoms with Gasteiger partial charge in [-0.3, -0.25) is 0 Å². The van der Waals surface area contributed by atoms with Crippen LogP contribution in [0, 0.1) is 0 Å². The third kappa shape index (κ3) is 7.25. The van der Waals surface area contributed by atoms with E-state index in [1.54, 1.807) is 0 Å². The second-order valence-corrected chi connectivity index (χ2v) is 44.1. The van der Waals surface area contributed by atoms with Crippen LogP contribution < -0.4 is 5.32 Å². The molecule has 22 heavy (non-hydrogen) atoms. The van der Waals surface area contributed by atoms with E-state index in [-0.39, 0.29) is 0 Å². The fourth-order valence-electron chi connectivity index (χ4n) is 5.60. The molecule has 0 bridgehead atoms. The molecule has 0 aliphatic carbocycles. The molecule has 0 aromatic heterocycles. The van der Waals surface area contributed by atoms with Crippen LogP contribution in [0.1, 0.15) is 40.5 Å². The molecule has 0 fully saturated rings. The predicted molar refractivity (Wildman–Crippen MR) is 115 cm³/mol. The average Bonchev–Trinajstić information content (AvgIpc) is 2.36. The summed E-state index contributed by atoms with van der Waals surface area (Å²) in [6, 6.07) is 0. The molecule has 0 aromatic rings. The molecule has 0 aliphatic rings. The van der Waals surface area contributed by atoms with Crippen LogP contribution in [0.5, 0.6) is 0 Å². The van der Waals surface area contributed by atoms with Crippen LogP contribution in [0.15, 0.2) is 0 Å². The Balaban J connectivity index is 0. The van der Waals surface area contributed by atoms with Gasteiger partial charge in [-0.2, -0.15) is 0 Å². The van der Waals surface area contributed by atoms with Gasteiger partial charge in [-0.05, 0) is 14.1 Å². The molecular weight excluding hydrogens is 478 g/mol. The first kappa shape index (κ1) is 25.9. The molecule has 1 N–H and O–H groups in total. The Bertz CT molecular complexity index is 260. The Labute approximate surface area is 152 Å². The summed E-state index contributed by atoms with van der Waals surface area (Å²) in [7, 11) is 3.75. The second kappa shape index (κ2) is 11.3. The molecule has 0 aromatic carbocycles. The van der Waals surface area contributed by atoms with Crippen molar-refractivity contribution in [3.05, 3.63) is 0 Å². The van der Waals surface area contributed by atoms with E-state index >= 15 is 0 Å². The van der Waals surface area contributed by atoms with E-state index in [0.29, 0.717) is 5.31 Å². The first-order chi connectivity index (χ1) is 9.92. The van der Waals surface area contributed by atoms with E-state index in [9.17, 15) is 0 Å². The molecule has 0 saturated heterocycles. The van der Waals surface area contributed by atoms with E-state index in [2.05, 4.69) is 62.6 Å². The zero-order valence-electron chi connectivity index (χ0n) is 18.0. The Kier molecular flexibility index (Phi) is 13.3. The standard InChI is InChI=1S/C10H21B.C2H7N.6CH3.2Sn/c1-6-10(5,7-2)11(8-3)9-4;1-3-2;;;;;;;;/h5H,6-9H2,1-4H3;3H,1-2H3;6*1H3;;. The third-order valence-electron chi connectivity index (χ3n) is 5.42. The topological polar surface area (TPSA) is 12.0 Å². The van der Waals surface area contributed by atoms with Crippen molar-refractivity contribution in [2.24, 2.45) is 0 Å². The molecule has 0 radical (unpaired) electrons. The molecule has 0 spiro atoms. The summed E-state index contributed by atoms with van der Waals surface area (Å²) >= 11 is -3.80. The molecule has 0 amide bonds. The molecule has 0 unspecified atom stereocenters. The van der Waals surface area contributed by atoms with Gasteiger partial charge in [-0.25, -0.2) is 0 Å². The number of rotatable bonds is 8. The summed E-state index contributed by atoms with van der Waals surface area (Å²) in [6.07, 6.45) is 5.61. The molecular formula is C18H46BNSn2. The monoisotopic (exact) mass is 527 g/mol. The molecule has 0 saturated carbocycles. The number of hydrogen-bond donors (Lipinski definition) is 1. The van der Waals surface area contributed by atoms with Crippen molar-refractivity contribution in [3.63, 3.8) is 0 Å². The molecule has 4 heteroatoms. The zero-order chi connectivity index (χ0) is 18.2. The van der Waals surface area contributed by atoms with Crippen molar-refractivity contribution in [2.75, 3.05) is 14.1 Å². The predicted octanol–water partition coefficient (Wildman–Crippen LogP) is 6.50. The maximum absolute atomic E-state index is 2.75. The summed E-state index contributed by atoms with van der Waals surface area (Å²) in [4.78, 5) is 16.3. The van der Waals surface area contributed by atoms with Crippen LogP contribution in [0.4, 0.5) is 0 Å². The van der Waals surface area contributed by atoms with Gasteiger partial charge in [0.15, 0.2) is 0 Å². The van der Waals surface area contributed by atoms with Crippen LogP contribution in [0.3, 0.4) is 0 Å². The zero-order valence-corrected chi connectivity index (χ0v) is 23.7.